The van der Waals surface area contributed by atoms with Crippen LogP contribution in [0.15, 0.2) is 36.4 Å². The molecule has 0 heterocycles. The highest BCUT2D eigenvalue weighted by Crippen LogP contribution is 2.24. The van der Waals surface area contributed by atoms with Crippen molar-refractivity contribution >= 4 is 17.6 Å². The van der Waals surface area contributed by atoms with E-state index in [1.807, 2.05) is 32.0 Å². The molecule has 0 aliphatic heterocycles. The number of hydrogen-bond donors (Lipinski definition) is 1. The van der Waals surface area contributed by atoms with Crippen LogP contribution in [0.2, 0.25) is 5.02 Å². The first-order chi connectivity index (χ1) is 9.49. The second-order valence-electron chi connectivity index (χ2n) is 4.63. The van der Waals surface area contributed by atoms with Gasteiger partial charge in [0.1, 0.15) is 12.4 Å². The summed E-state index contributed by atoms with van der Waals surface area (Å²) in [5.74, 6) is -0.279. The molecule has 0 fully saturated rings. The highest BCUT2D eigenvalue weighted by Gasteiger charge is 2.14. The summed E-state index contributed by atoms with van der Waals surface area (Å²) in [6, 6.07) is 10.6. The molecule has 1 N–H and O–H groups in total. The lowest BCUT2D eigenvalue weighted by Gasteiger charge is -2.12. The highest BCUT2D eigenvalue weighted by atomic mass is 35.5. The minimum absolute atomic E-state index is 0.130. The first kappa shape index (κ1) is 14.4. The minimum atomic E-state index is -1.01. The van der Waals surface area contributed by atoms with Gasteiger partial charge in [-0.1, -0.05) is 35.4 Å². The molecule has 0 unspecified atom stereocenters. The van der Waals surface area contributed by atoms with Crippen LogP contribution in [0.4, 0.5) is 0 Å². The Morgan fingerprint density at radius 3 is 2.65 bits per heavy atom. The number of ether oxygens (including phenoxy) is 1. The van der Waals surface area contributed by atoms with Crippen molar-refractivity contribution in [3.05, 3.63) is 63.7 Å². The van der Waals surface area contributed by atoms with Crippen LogP contribution in [0.1, 0.15) is 27.0 Å². The molecule has 4 heteroatoms. The molecule has 2 aromatic carbocycles. The van der Waals surface area contributed by atoms with E-state index in [1.54, 1.807) is 12.1 Å². The second-order valence-corrected chi connectivity index (χ2v) is 5.04. The number of carbonyl (C=O) groups is 1. The number of carboxylic acids is 1. The Labute approximate surface area is 122 Å². The van der Waals surface area contributed by atoms with Crippen molar-refractivity contribution in [2.75, 3.05) is 0 Å². The zero-order valence-electron chi connectivity index (χ0n) is 11.3. The maximum absolute atomic E-state index is 11.2. The van der Waals surface area contributed by atoms with Gasteiger partial charge in [0.15, 0.2) is 0 Å². The molecule has 2 aromatic rings. The van der Waals surface area contributed by atoms with Gasteiger partial charge in [0.2, 0.25) is 0 Å². The fourth-order valence-corrected chi connectivity index (χ4v) is 2.25. The molecule has 2 rings (SSSR count). The van der Waals surface area contributed by atoms with E-state index in [0.717, 1.165) is 16.9 Å². The summed E-state index contributed by atoms with van der Waals surface area (Å²) in [7, 11) is 0. The van der Waals surface area contributed by atoms with E-state index in [1.165, 1.54) is 6.07 Å². The molecular formula is C16H15ClO3. The van der Waals surface area contributed by atoms with Crippen molar-refractivity contribution in [1.29, 1.82) is 0 Å². The molecule has 0 aliphatic carbocycles. The van der Waals surface area contributed by atoms with Gasteiger partial charge in [-0.2, -0.15) is 0 Å². The van der Waals surface area contributed by atoms with Crippen molar-refractivity contribution in [1.82, 2.24) is 0 Å². The van der Waals surface area contributed by atoms with E-state index in [9.17, 15) is 4.79 Å². The standard InChI is InChI=1S/C16H15ClO3/c1-10-6-7-15(11(2)8-10)20-9-13-12(16(18)19)4-3-5-14(13)17/h3-8H,9H2,1-2H3,(H,18,19). The van der Waals surface area contributed by atoms with Crippen LogP contribution in [0.25, 0.3) is 0 Å². The zero-order valence-corrected chi connectivity index (χ0v) is 12.1. The van der Waals surface area contributed by atoms with Gasteiger partial charge in [-0.05, 0) is 37.6 Å². The van der Waals surface area contributed by atoms with Crippen LogP contribution >= 0.6 is 11.6 Å². The summed E-state index contributed by atoms with van der Waals surface area (Å²) in [5.41, 5.74) is 2.82. The third-order valence-corrected chi connectivity index (χ3v) is 3.41. The molecule has 104 valence electrons. The van der Waals surface area contributed by atoms with Crippen LogP contribution in [0.3, 0.4) is 0 Å². The fourth-order valence-electron chi connectivity index (χ4n) is 2.02. The lowest BCUT2D eigenvalue weighted by Crippen LogP contribution is -2.06. The molecule has 0 saturated carbocycles. The Bertz CT molecular complexity index is 650. The topological polar surface area (TPSA) is 46.5 Å². The maximum Gasteiger partial charge on any atom is 0.336 e. The fraction of sp³-hybridized carbons (Fsp3) is 0.188. The van der Waals surface area contributed by atoms with Crippen molar-refractivity contribution in [2.45, 2.75) is 20.5 Å². The number of carboxylic acid groups (broad SMARTS) is 1. The molecule has 0 aromatic heterocycles. The van der Waals surface area contributed by atoms with Crippen LogP contribution in [0, 0.1) is 13.8 Å². The number of hydrogen-bond acceptors (Lipinski definition) is 2. The third kappa shape index (κ3) is 3.11. The van der Waals surface area contributed by atoms with E-state index in [4.69, 9.17) is 21.4 Å². The minimum Gasteiger partial charge on any atom is -0.489 e. The molecule has 3 nitrogen and oxygen atoms in total. The van der Waals surface area contributed by atoms with Gasteiger partial charge in [0.05, 0.1) is 5.56 Å². The largest absolute Gasteiger partial charge is 0.489 e. The molecular weight excluding hydrogens is 276 g/mol. The molecule has 0 aliphatic rings. The number of benzene rings is 2. The Kier molecular flexibility index (Phi) is 4.30. The molecule has 0 atom stereocenters. The average Bonchev–Trinajstić information content (AvgIpc) is 2.38. The predicted molar refractivity (Wildman–Crippen MR) is 78.7 cm³/mol. The normalized spacial score (nSPS) is 10.3. The summed E-state index contributed by atoms with van der Waals surface area (Å²) in [5, 5.41) is 9.56. The van der Waals surface area contributed by atoms with E-state index in [2.05, 4.69) is 0 Å². The molecule has 0 radical (unpaired) electrons. The lowest BCUT2D eigenvalue weighted by atomic mass is 10.1. The van der Waals surface area contributed by atoms with Crippen molar-refractivity contribution in [3.63, 3.8) is 0 Å². The number of aryl methyl sites for hydroxylation is 2. The SMILES string of the molecule is Cc1ccc(OCc2c(Cl)cccc2C(=O)O)c(C)c1. The average molecular weight is 291 g/mol. The summed E-state index contributed by atoms with van der Waals surface area (Å²) in [6.45, 7) is 4.09. The van der Waals surface area contributed by atoms with Gasteiger partial charge >= 0.3 is 5.97 Å². The Morgan fingerprint density at radius 1 is 1.25 bits per heavy atom. The number of halogens is 1. The Morgan fingerprint density at radius 2 is 2.00 bits per heavy atom. The Balaban J connectivity index is 2.25. The summed E-state index contributed by atoms with van der Waals surface area (Å²) in [4.78, 5) is 11.2. The van der Waals surface area contributed by atoms with E-state index in [-0.39, 0.29) is 12.2 Å². The van der Waals surface area contributed by atoms with E-state index in [0.29, 0.717) is 10.6 Å². The highest BCUT2D eigenvalue weighted by molar-refractivity contribution is 6.31. The predicted octanol–water partition coefficient (Wildman–Crippen LogP) is 4.23. The third-order valence-electron chi connectivity index (χ3n) is 3.05. The van der Waals surface area contributed by atoms with Crippen LogP contribution in [0.5, 0.6) is 5.75 Å². The van der Waals surface area contributed by atoms with Crippen LogP contribution < -0.4 is 4.74 Å². The smallest absolute Gasteiger partial charge is 0.336 e. The maximum atomic E-state index is 11.2. The first-order valence-corrected chi connectivity index (χ1v) is 6.57. The summed E-state index contributed by atoms with van der Waals surface area (Å²) >= 11 is 6.06. The Hall–Kier alpha value is -2.00. The first-order valence-electron chi connectivity index (χ1n) is 6.20. The van der Waals surface area contributed by atoms with Crippen molar-refractivity contribution in [2.24, 2.45) is 0 Å². The van der Waals surface area contributed by atoms with Gasteiger partial charge < -0.3 is 9.84 Å². The van der Waals surface area contributed by atoms with Crippen LogP contribution in [-0.2, 0) is 6.61 Å². The van der Waals surface area contributed by atoms with Gasteiger partial charge in [-0.25, -0.2) is 4.79 Å². The number of aromatic carboxylic acids is 1. The monoisotopic (exact) mass is 290 g/mol. The quantitative estimate of drug-likeness (QED) is 0.916. The van der Waals surface area contributed by atoms with Gasteiger partial charge in [-0.3, -0.25) is 0 Å². The van der Waals surface area contributed by atoms with E-state index < -0.39 is 5.97 Å². The molecule has 0 saturated heterocycles. The second kappa shape index (κ2) is 5.97. The van der Waals surface area contributed by atoms with Gasteiger partial charge in [0.25, 0.3) is 0 Å². The van der Waals surface area contributed by atoms with Gasteiger partial charge in [0, 0.05) is 10.6 Å². The summed E-state index contributed by atoms with van der Waals surface area (Å²) < 4.78 is 5.70. The zero-order chi connectivity index (χ0) is 14.7. The molecule has 0 spiro atoms. The van der Waals surface area contributed by atoms with Crippen LogP contribution in [-0.4, -0.2) is 11.1 Å². The van der Waals surface area contributed by atoms with Crippen molar-refractivity contribution in [3.8, 4) is 5.75 Å². The molecule has 0 bridgehead atoms. The van der Waals surface area contributed by atoms with E-state index >= 15 is 0 Å². The van der Waals surface area contributed by atoms with Crippen molar-refractivity contribution < 1.29 is 14.6 Å². The molecule has 0 amide bonds. The number of rotatable bonds is 4. The lowest BCUT2D eigenvalue weighted by molar-refractivity contribution is 0.0694. The molecule has 20 heavy (non-hydrogen) atoms. The van der Waals surface area contributed by atoms with Gasteiger partial charge in [-0.15, -0.1) is 0 Å². The summed E-state index contributed by atoms with van der Waals surface area (Å²) in [6.07, 6.45) is 0.